The van der Waals surface area contributed by atoms with Gasteiger partial charge in [-0.05, 0) is 37.8 Å². The molecule has 2 aliphatic heterocycles. The molecular weight excluding hydrogens is 314 g/mol. The number of pyridine rings is 1. The van der Waals surface area contributed by atoms with Crippen molar-refractivity contribution in [2.24, 2.45) is 5.92 Å². The summed E-state index contributed by atoms with van der Waals surface area (Å²) in [4.78, 5) is 20.7. The molecule has 0 spiro atoms. The van der Waals surface area contributed by atoms with Gasteiger partial charge in [0.15, 0.2) is 0 Å². The van der Waals surface area contributed by atoms with Crippen LogP contribution < -0.4 is 0 Å². The highest BCUT2D eigenvalue weighted by Gasteiger charge is 2.51. The molecule has 0 saturated carbocycles. The number of aromatic nitrogens is 1. The summed E-state index contributed by atoms with van der Waals surface area (Å²) in [6.07, 6.45) is 3.49. The number of carbonyl (C=O) groups excluding carboxylic acids is 1. The first-order chi connectivity index (χ1) is 10.9. The average Bonchev–Trinajstić information content (AvgIpc) is 2.82. The van der Waals surface area contributed by atoms with Gasteiger partial charge < -0.3 is 10.0 Å². The molecule has 0 aromatic carbocycles. The molecule has 3 heterocycles. The van der Waals surface area contributed by atoms with Crippen LogP contribution in [0.4, 0.5) is 0 Å². The number of amides is 1. The summed E-state index contributed by atoms with van der Waals surface area (Å²) >= 11 is 5.88. The van der Waals surface area contributed by atoms with Crippen molar-refractivity contribution < 1.29 is 9.90 Å². The van der Waals surface area contributed by atoms with E-state index in [0.29, 0.717) is 10.9 Å². The minimum Gasteiger partial charge on any atom is -0.394 e. The maximum atomic E-state index is 12.1. The van der Waals surface area contributed by atoms with Crippen molar-refractivity contribution in [1.82, 2.24) is 14.8 Å². The highest BCUT2D eigenvalue weighted by molar-refractivity contribution is 6.30. The van der Waals surface area contributed by atoms with E-state index in [-0.39, 0.29) is 18.6 Å². The number of carbonyl (C=O) groups is 1. The van der Waals surface area contributed by atoms with E-state index in [2.05, 4.69) is 9.88 Å². The first kappa shape index (κ1) is 16.7. The molecule has 0 bridgehead atoms. The highest BCUT2D eigenvalue weighted by atomic mass is 35.5. The van der Waals surface area contributed by atoms with E-state index in [4.69, 9.17) is 11.6 Å². The lowest BCUT2D eigenvalue weighted by Gasteiger charge is -2.40. The molecule has 23 heavy (non-hydrogen) atoms. The Bertz CT molecular complexity index is 580. The first-order valence-electron chi connectivity index (χ1n) is 8.16. The van der Waals surface area contributed by atoms with Gasteiger partial charge in [-0.25, -0.2) is 0 Å². The number of likely N-dealkylation sites (tertiary alicyclic amines) is 2. The number of hydrogen-bond donors (Lipinski definition) is 1. The zero-order valence-electron chi connectivity index (χ0n) is 13.7. The molecule has 2 aliphatic rings. The molecule has 6 heteroatoms. The molecule has 0 radical (unpaired) electrons. The molecule has 126 valence electrons. The molecule has 3 rings (SSSR count). The molecule has 1 aromatic rings. The maximum Gasteiger partial charge on any atom is 0.220 e. The van der Waals surface area contributed by atoms with Crippen LogP contribution in [-0.4, -0.2) is 57.1 Å². The molecular formula is C17H24ClN3O2. The summed E-state index contributed by atoms with van der Waals surface area (Å²) in [6, 6.07) is 4.08. The second-order valence-electron chi connectivity index (χ2n) is 7.07. The van der Waals surface area contributed by atoms with Crippen LogP contribution in [0.25, 0.3) is 0 Å². The smallest absolute Gasteiger partial charge is 0.220 e. The third kappa shape index (κ3) is 3.23. The number of halogens is 1. The second-order valence-corrected chi connectivity index (χ2v) is 7.50. The third-order valence-electron chi connectivity index (χ3n) is 5.25. The van der Waals surface area contributed by atoms with Gasteiger partial charge in [0, 0.05) is 38.8 Å². The van der Waals surface area contributed by atoms with Gasteiger partial charge in [-0.15, -0.1) is 0 Å². The summed E-state index contributed by atoms with van der Waals surface area (Å²) < 4.78 is 0. The molecule has 0 aliphatic carbocycles. The van der Waals surface area contributed by atoms with Crippen LogP contribution in [0.2, 0.25) is 5.02 Å². The van der Waals surface area contributed by atoms with Crippen LogP contribution in [0.1, 0.15) is 32.4 Å². The number of hydrogen-bond acceptors (Lipinski definition) is 4. The predicted molar refractivity (Wildman–Crippen MR) is 89.0 cm³/mol. The predicted octanol–water partition coefficient (Wildman–Crippen LogP) is 1.93. The lowest BCUT2D eigenvalue weighted by molar-refractivity contribution is -0.137. The topological polar surface area (TPSA) is 56.7 Å². The molecule has 5 nitrogen and oxygen atoms in total. The van der Waals surface area contributed by atoms with Gasteiger partial charge >= 0.3 is 0 Å². The quantitative estimate of drug-likeness (QED) is 0.915. The maximum absolute atomic E-state index is 12.1. The molecule has 2 fully saturated rings. The van der Waals surface area contributed by atoms with Gasteiger partial charge in [-0.1, -0.05) is 11.6 Å². The number of aliphatic hydroxyl groups is 1. The Kier molecular flexibility index (Phi) is 4.63. The van der Waals surface area contributed by atoms with Crippen molar-refractivity contribution in [3.05, 3.63) is 29.0 Å². The Morgan fingerprint density at radius 3 is 2.91 bits per heavy atom. The van der Waals surface area contributed by atoms with Gasteiger partial charge in [0.2, 0.25) is 5.91 Å². The summed E-state index contributed by atoms with van der Waals surface area (Å²) in [6.45, 7) is 6.32. The monoisotopic (exact) mass is 337 g/mol. The van der Waals surface area contributed by atoms with Gasteiger partial charge in [-0.3, -0.25) is 14.7 Å². The Morgan fingerprint density at radius 2 is 2.30 bits per heavy atom. The van der Waals surface area contributed by atoms with Crippen LogP contribution in [0.3, 0.4) is 0 Å². The summed E-state index contributed by atoms with van der Waals surface area (Å²) in [5, 5.41) is 10.4. The van der Waals surface area contributed by atoms with E-state index >= 15 is 0 Å². The molecule has 1 amide bonds. The zero-order valence-corrected chi connectivity index (χ0v) is 14.5. The Hall–Kier alpha value is -1.17. The van der Waals surface area contributed by atoms with E-state index in [1.54, 1.807) is 13.1 Å². The van der Waals surface area contributed by atoms with Gasteiger partial charge in [-0.2, -0.15) is 0 Å². The van der Waals surface area contributed by atoms with Crippen molar-refractivity contribution in [3.8, 4) is 0 Å². The van der Waals surface area contributed by atoms with Crippen LogP contribution in [0.15, 0.2) is 18.3 Å². The number of rotatable bonds is 3. The largest absolute Gasteiger partial charge is 0.394 e. The standard InChI is InChI=1S/C17H24ClN3O2/c1-12(23)21-16-5-6-20(9-13(16)7-17(21,2)11-22)10-15-4-3-14(18)8-19-15/h3-4,8,13,16,22H,5-7,9-11H2,1-2H3/t13-,16-,17+/m0/s1. The molecule has 3 atom stereocenters. The van der Waals surface area contributed by atoms with E-state index in [0.717, 1.165) is 38.2 Å². The van der Waals surface area contributed by atoms with E-state index in [1.807, 2.05) is 24.0 Å². The summed E-state index contributed by atoms with van der Waals surface area (Å²) in [7, 11) is 0. The highest BCUT2D eigenvalue weighted by Crippen LogP contribution is 2.42. The molecule has 1 N–H and O–H groups in total. The fraction of sp³-hybridized carbons (Fsp3) is 0.647. The molecule has 2 saturated heterocycles. The molecule has 0 unspecified atom stereocenters. The molecule has 1 aromatic heterocycles. The summed E-state index contributed by atoms with van der Waals surface area (Å²) in [5.41, 5.74) is 0.592. The van der Waals surface area contributed by atoms with Crippen molar-refractivity contribution in [2.75, 3.05) is 19.7 Å². The number of aliphatic hydroxyl groups excluding tert-OH is 1. The van der Waals surface area contributed by atoms with Crippen molar-refractivity contribution in [3.63, 3.8) is 0 Å². The van der Waals surface area contributed by atoms with Crippen molar-refractivity contribution in [2.45, 2.75) is 44.8 Å². The SMILES string of the molecule is CC(=O)N1[C@H]2CCN(Cc3ccc(Cl)cn3)C[C@@H]2C[C@]1(C)CO. The second kappa shape index (κ2) is 6.38. The Labute approximate surface area is 142 Å². The average molecular weight is 338 g/mol. The lowest BCUT2D eigenvalue weighted by atomic mass is 9.89. The minimum absolute atomic E-state index is 0.0261. The van der Waals surface area contributed by atoms with Gasteiger partial charge in [0.05, 0.1) is 22.9 Å². The fourth-order valence-electron chi connectivity index (χ4n) is 4.33. The van der Waals surface area contributed by atoms with Crippen molar-refractivity contribution in [1.29, 1.82) is 0 Å². The fourth-order valence-corrected chi connectivity index (χ4v) is 4.44. The lowest BCUT2D eigenvalue weighted by Crippen LogP contribution is -2.52. The van der Waals surface area contributed by atoms with E-state index in [9.17, 15) is 9.90 Å². The summed E-state index contributed by atoms with van der Waals surface area (Å²) in [5.74, 6) is 0.485. The third-order valence-corrected chi connectivity index (χ3v) is 5.47. The first-order valence-corrected chi connectivity index (χ1v) is 8.54. The normalized spacial score (nSPS) is 31.2. The minimum atomic E-state index is -0.421. The van der Waals surface area contributed by atoms with E-state index in [1.165, 1.54) is 0 Å². The van der Waals surface area contributed by atoms with Crippen LogP contribution in [0.5, 0.6) is 0 Å². The van der Waals surface area contributed by atoms with Crippen LogP contribution >= 0.6 is 11.6 Å². The Morgan fingerprint density at radius 1 is 1.52 bits per heavy atom. The van der Waals surface area contributed by atoms with Crippen molar-refractivity contribution >= 4 is 17.5 Å². The number of piperidine rings is 1. The van der Waals surface area contributed by atoms with E-state index < -0.39 is 5.54 Å². The zero-order chi connectivity index (χ0) is 16.6. The van der Waals surface area contributed by atoms with Crippen LogP contribution in [-0.2, 0) is 11.3 Å². The Balaban J connectivity index is 1.69. The van der Waals surface area contributed by atoms with Crippen LogP contribution in [0, 0.1) is 5.92 Å². The number of fused-ring (bicyclic) bond motifs is 1. The number of nitrogens with zero attached hydrogens (tertiary/aromatic N) is 3. The van der Waals surface area contributed by atoms with Gasteiger partial charge in [0.1, 0.15) is 0 Å². The van der Waals surface area contributed by atoms with Gasteiger partial charge in [0.25, 0.3) is 0 Å².